The fourth-order valence-corrected chi connectivity index (χ4v) is 1.91. The van der Waals surface area contributed by atoms with Gasteiger partial charge in [0.2, 0.25) is 0 Å². The number of benzene rings is 1. The molecule has 9 heteroatoms. The van der Waals surface area contributed by atoms with E-state index in [1.165, 1.54) is 0 Å². The molecular formula is C18H29F3IN3O2. The fraction of sp³-hybridized carbons (Fsp3) is 0.611. The molecule has 0 unspecified atom stereocenters. The largest absolute Gasteiger partial charge is 0.411 e. The second-order valence-electron chi connectivity index (χ2n) is 6.44. The molecule has 0 aliphatic carbocycles. The van der Waals surface area contributed by atoms with Gasteiger partial charge in [0.15, 0.2) is 5.96 Å². The third kappa shape index (κ3) is 12.1. The van der Waals surface area contributed by atoms with E-state index in [-0.39, 0.29) is 36.2 Å². The maximum atomic E-state index is 12.1. The van der Waals surface area contributed by atoms with E-state index < -0.39 is 12.8 Å². The van der Waals surface area contributed by atoms with Crippen LogP contribution in [0.4, 0.5) is 13.2 Å². The first kappa shape index (κ1) is 25.9. The van der Waals surface area contributed by atoms with Crippen molar-refractivity contribution < 1.29 is 22.6 Å². The summed E-state index contributed by atoms with van der Waals surface area (Å²) in [6, 6.07) is 7.15. The molecular weight excluding hydrogens is 474 g/mol. The molecule has 2 N–H and O–H groups in total. The van der Waals surface area contributed by atoms with Crippen LogP contribution in [0.3, 0.4) is 0 Å². The number of rotatable bonds is 9. The Balaban J connectivity index is 0.00000676. The molecule has 0 saturated heterocycles. The van der Waals surface area contributed by atoms with Crippen LogP contribution >= 0.6 is 24.0 Å². The zero-order valence-corrected chi connectivity index (χ0v) is 18.5. The summed E-state index contributed by atoms with van der Waals surface area (Å²) in [6.07, 6.45) is -4.30. The van der Waals surface area contributed by atoms with Crippen molar-refractivity contribution in [3.8, 4) is 0 Å². The van der Waals surface area contributed by atoms with Gasteiger partial charge < -0.3 is 20.1 Å². The van der Waals surface area contributed by atoms with Gasteiger partial charge in [-0.2, -0.15) is 13.2 Å². The highest BCUT2D eigenvalue weighted by atomic mass is 127. The van der Waals surface area contributed by atoms with Crippen molar-refractivity contribution in [2.75, 3.05) is 26.8 Å². The van der Waals surface area contributed by atoms with E-state index in [0.717, 1.165) is 12.1 Å². The lowest BCUT2D eigenvalue weighted by atomic mass is 10.1. The predicted molar refractivity (Wildman–Crippen MR) is 111 cm³/mol. The molecule has 0 radical (unpaired) electrons. The Bertz CT molecular complexity index is 564. The van der Waals surface area contributed by atoms with E-state index in [0.29, 0.717) is 24.6 Å². The summed E-state index contributed by atoms with van der Waals surface area (Å²) < 4.78 is 46.2. The van der Waals surface area contributed by atoms with E-state index in [2.05, 4.69) is 20.4 Å². The van der Waals surface area contributed by atoms with Gasteiger partial charge in [0.05, 0.1) is 18.8 Å². The van der Waals surface area contributed by atoms with Crippen molar-refractivity contribution in [1.29, 1.82) is 0 Å². The number of methoxy groups -OCH3 is 1. The van der Waals surface area contributed by atoms with E-state index in [1.807, 2.05) is 32.9 Å². The molecule has 0 aliphatic heterocycles. The Kier molecular flexibility index (Phi) is 11.9. The van der Waals surface area contributed by atoms with Crippen LogP contribution in [0.15, 0.2) is 29.3 Å². The summed E-state index contributed by atoms with van der Waals surface area (Å²) in [7, 11) is 1.66. The van der Waals surface area contributed by atoms with Gasteiger partial charge >= 0.3 is 6.18 Å². The topological polar surface area (TPSA) is 54.9 Å². The minimum Gasteiger partial charge on any atom is -0.377 e. The van der Waals surface area contributed by atoms with E-state index in [1.54, 1.807) is 19.2 Å². The summed E-state index contributed by atoms with van der Waals surface area (Å²) in [6.45, 7) is 6.40. The van der Waals surface area contributed by atoms with Crippen LogP contribution in [0.25, 0.3) is 0 Å². The first-order chi connectivity index (χ1) is 12.1. The molecule has 1 aromatic carbocycles. The fourth-order valence-electron chi connectivity index (χ4n) is 1.91. The summed E-state index contributed by atoms with van der Waals surface area (Å²) in [5, 5.41) is 6.38. The van der Waals surface area contributed by atoms with Crippen LogP contribution in [0.5, 0.6) is 0 Å². The van der Waals surface area contributed by atoms with Crippen LogP contribution in [0, 0.1) is 0 Å². The van der Waals surface area contributed by atoms with Gasteiger partial charge in [0.25, 0.3) is 0 Å². The lowest BCUT2D eigenvalue weighted by molar-refractivity contribution is -0.176. The lowest BCUT2D eigenvalue weighted by Crippen LogP contribution is -2.45. The smallest absolute Gasteiger partial charge is 0.377 e. The normalized spacial score (nSPS) is 12.5. The quantitative estimate of drug-likeness (QED) is 0.306. The molecule has 0 spiro atoms. The molecule has 0 aromatic heterocycles. The minimum absolute atomic E-state index is 0. The SMILES string of the molecule is CCNC(=NCc1ccc(COCC(F)(F)F)cc1)NCC(C)(C)OC.I. The number of nitrogens with one attached hydrogen (secondary N) is 2. The predicted octanol–water partition coefficient (Wildman–Crippen LogP) is 3.86. The maximum Gasteiger partial charge on any atom is 0.411 e. The standard InChI is InChI=1S/C18H28F3N3O2.HI/c1-5-22-16(24-12-17(2,3)25-4)23-10-14-6-8-15(9-7-14)11-26-13-18(19,20)21;/h6-9H,5,10-13H2,1-4H3,(H2,22,23,24);1H. The van der Waals surface area contributed by atoms with E-state index in [4.69, 9.17) is 4.74 Å². The summed E-state index contributed by atoms with van der Waals surface area (Å²) >= 11 is 0. The average Bonchev–Trinajstić information content (AvgIpc) is 2.57. The number of ether oxygens (including phenoxy) is 2. The molecule has 0 bridgehead atoms. The van der Waals surface area contributed by atoms with Crippen LogP contribution in [0.2, 0.25) is 0 Å². The minimum atomic E-state index is -4.30. The van der Waals surface area contributed by atoms with Gasteiger partial charge in [0, 0.05) is 20.2 Å². The van der Waals surface area contributed by atoms with E-state index >= 15 is 0 Å². The Labute approximate surface area is 176 Å². The molecule has 0 aliphatic rings. The highest BCUT2D eigenvalue weighted by molar-refractivity contribution is 14.0. The highest BCUT2D eigenvalue weighted by Gasteiger charge is 2.27. The Hall–Kier alpha value is -1.07. The number of halogens is 4. The molecule has 0 saturated carbocycles. The number of hydrogen-bond donors (Lipinski definition) is 2. The van der Waals surface area contributed by atoms with Crippen molar-refractivity contribution in [2.45, 2.75) is 45.7 Å². The number of hydrogen-bond acceptors (Lipinski definition) is 3. The summed E-state index contributed by atoms with van der Waals surface area (Å²) in [4.78, 5) is 4.50. The van der Waals surface area contributed by atoms with Crippen molar-refractivity contribution in [1.82, 2.24) is 10.6 Å². The first-order valence-electron chi connectivity index (χ1n) is 8.45. The molecule has 0 heterocycles. The number of aliphatic imine (C=N–C) groups is 1. The van der Waals surface area contributed by atoms with Crippen molar-refractivity contribution in [2.24, 2.45) is 4.99 Å². The molecule has 156 valence electrons. The van der Waals surface area contributed by atoms with Crippen LogP contribution < -0.4 is 10.6 Å². The second kappa shape index (κ2) is 12.4. The average molecular weight is 503 g/mol. The zero-order chi connectivity index (χ0) is 19.6. The molecule has 5 nitrogen and oxygen atoms in total. The first-order valence-corrected chi connectivity index (χ1v) is 8.45. The molecule has 27 heavy (non-hydrogen) atoms. The van der Waals surface area contributed by atoms with Gasteiger partial charge in [-0.3, -0.25) is 0 Å². The van der Waals surface area contributed by atoms with Crippen LogP contribution in [0.1, 0.15) is 31.9 Å². The summed E-state index contributed by atoms with van der Waals surface area (Å²) in [5.41, 5.74) is 1.33. The zero-order valence-electron chi connectivity index (χ0n) is 16.2. The van der Waals surface area contributed by atoms with Gasteiger partial charge in [-0.05, 0) is 31.9 Å². The van der Waals surface area contributed by atoms with Crippen molar-refractivity contribution >= 4 is 29.9 Å². The van der Waals surface area contributed by atoms with Gasteiger partial charge in [-0.15, -0.1) is 24.0 Å². The Morgan fingerprint density at radius 1 is 1.07 bits per heavy atom. The Morgan fingerprint density at radius 3 is 2.19 bits per heavy atom. The third-order valence-electron chi connectivity index (χ3n) is 3.56. The van der Waals surface area contributed by atoms with E-state index in [9.17, 15) is 13.2 Å². The molecule has 1 aromatic rings. The Morgan fingerprint density at radius 2 is 1.67 bits per heavy atom. The number of nitrogens with zero attached hydrogens (tertiary/aromatic N) is 1. The van der Waals surface area contributed by atoms with Crippen molar-refractivity contribution in [3.63, 3.8) is 0 Å². The monoisotopic (exact) mass is 503 g/mol. The third-order valence-corrected chi connectivity index (χ3v) is 3.56. The second-order valence-corrected chi connectivity index (χ2v) is 6.44. The van der Waals surface area contributed by atoms with Gasteiger partial charge in [-0.25, -0.2) is 4.99 Å². The lowest BCUT2D eigenvalue weighted by Gasteiger charge is -2.24. The van der Waals surface area contributed by atoms with Crippen LogP contribution in [-0.2, 0) is 22.6 Å². The van der Waals surface area contributed by atoms with Gasteiger partial charge in [-0.1, -0.05) is 24.3 Å². The molecule has 1 rings (SSSR count). The maximum absolute atomic E-state index is 12.1. The van der Waals surface area contributed by atoms with Crippen molar-refractivity contribution in [3.05, 3.63) is 35.4 Å². The number of alkyl halides is 3. The molecule has 0 atom stereocenters. The van der Waals surface area contributed by atoms with Gasteiger partial charge in [0.1, 0.15) is 6.61 Å². The molecule has 0 fully saturated rings. The highest BCUT2D eigenvalue weighted by Crippen LogP contribution is 2.16. The van der Waals surface area contributed by atoms with Crippen LogP contribution in [-0.4, -0.2) is 44.5 Å². The number of guanidine groups is 1. The molecule has 0 amide bonds. The summed E-state index contributed by atoms with van der Waals surface area (Å²) in [5.74, 6) is 0.676.